The number of aldehydes is 1. The summed E-state index contributed by atoms with van der Waals surface area (Å²) in [5, 5.41) is 16.8. The first-order chi connectivity index (χ1) is 6.13. The second-order valence-corrected chi connectivity index (χ2v) is 2.25. The first kappa shape index (κ1) is 9.69. The normalized spacial score (nSPS) is 9.46. The zero-order chi connectivity index (χ0) is 9.84. The van der Waals surface area contributed by atoms with Crippen molar-refractivity contribution in [3.63, 3.8) is 0 Å². The zero-order valence-corrected chi connectivity index (χ0v) is 6.48. The molecule has 0 radical (unpaired) electrons. The average molecular weight is 184 g/mol. The van der Waals surface area contributed by atoms with Crippen LogP contribution in [-0.2, 0) is 0 Å². The summed E-state index contributed by atoms with van der Waals surface area (Å²) in [7, 11) is -1.98. The Morgan fingerprint density at radius 1 is 1.46 bits per heavy atom. The lowest BCUT2D eigenvalue weighted by Crippen LogP contribution is -2.20. The molecule has 4 nitrogen and oxygen atoms in total. The Bertz CT molecular complexity index is 315. The van der Waals surface area contributed by atoms with Crippen molar-refractivity contribution in [2.75, 3.05) is 0 Å². The molecule has 0 amide bonds. The first-order valence-electron chi connectivity index (χ1n) is 3.41. The number of carbonyl (C=O) groups excluding carboxylic acids is 1. The molecule has 0 saturated carbocycles. The minimum Gasteiger partial charge on any atom is -0.512 e. The van der Waals surface area contributed by atoms with E-state index in [0.29, 0.717) is 6.29 Å². The Kier molecular flexibility index (Phi) is 3.00. The Labute approximate surface area is 73.8 Å². The van der Waals surface area contributed by atoms with Gasteiger partial charge in [-0.25, -0.2) is 4.39 Å². The van der Waals surface area contributed by atoms with Crippen LogP contribution in [-0.4, -0.2) is 23.7 Å². The predicted octanol–water partition coefficient (Wildman–Crippen LogP) is -0.0135. The minimum absolute atomic E-state index is 0.0125. The van der Waals surface area contributed by atoms with Crippen LogP contribution in [0.4, 0.5) is 4.39 Å². The fourth-order valence-corrected chi connectivity index (χ4v) is 0.807. The second kappa shape index (κ2) is 4.02. The van der Waals surface area contributed by atoms with Gasteiger partial charge in [0, 0.05) is 0 Å². The molecule has 2 N–H and O–H groups in total. The van der Waals surface area contributed by atoms with Crippen LogP contribution in [0.25, 0.3) is 0 Å². The van der Waals surface area contributed by atoms with Crippen LogP contribution in [0.5, 0.6) is 5.75 Å². The molecule has 1 rings (SSSR count). The summed E-state index contributed by atoms with van der Waals surface area (Å²) in [6, 6.07) is 3.25. The van der Waals surface area contributed by atoms with E-state index in [1.165, 1.54) is 6.07 Å². The molecule has 0 aliphatic rings. The number of hydrogen-bond donors (Lipinski definition) is 2. The highest BCUT2D eigenvalue weighted by Gasteiger charge is 2.12. The molecule has 1 aromatic carbocycles. The fourth-order valence-electron chi connectivity index (χ4n) is 0.807. The van der Waals surface area contributed by atoms with Crippen LogP contribution < -0.4 is 4.65 Å². The molecule has 0 aliphatic heterocycles. The van der Waals surface area contributed by atoms with Crippen molar-refractivity contribution in [2.45, 2.75) is 0 Å². The van der Waals surface area contributed by atoms with E-state index in [9.17, 15) is 9.18 Å². The minimum atomic E-state index is -1.98. The SMILES string of the molecule is O=Cc1cc(OB(O)O)ccc1F. The van der Waals surface area contributed by atoms with Gasteiger partial charge in [-0.15, -0.1) is 0 Å². The standard InChI is InChI=1S/C7H6BFO4/c9-7-2-1-6(13-8(11)12)3-5(7)4-10/h1-4,11-12H. The summed E-state index contributed by atoms with van der Waals surface area (Å²) in [5.41, 5.74) is -0.196. The van der Waals surface area contributed by atoms with Crippen molar-refractivity contribution in [1.82, 2.24) is 0 Å². The van der Waals surface area contributed by atoms with Gasteiger partial charge >= 0.3 is 7.32 Å². The summed E-state index contributed by atoms with van der Waals surface area (Å²) in [6.45, 7) is 0. The van der Waals surface area contributed by atoms with Crippen LogP contribution in [0.1, 0.15) is 10.4 Å². The molecule has 68 valence electrons. The third kappa shape index (κ3) is 2.53. The van der Waals surface area contributed by atoms with E-state index in [4.69, 9.17) is 10.0 Å². The third-order valence-corrected chi connectivity index (χ3v) is 1.34. The van der Waals surface area contributed by atoms with Crippen molar-refractivity contribution < 1.29 is 23.9 Å². The third-order valence-electron chi connectivity index (χ3n) is 1.34. The number of halogens is 1. The first-order valence-corrected chi connectivity index (χ1v) is 3.41. The summed E-state index contributed by atoms with van der Waals surface area (Å²) in [5.74, 6) is -0.673. The molecule has 0 fully saturated rings. The Morgan fingerprint density at radius 3 is 2.69 bits per heavy atom. The predicted molar refractivity (Wildman–Crippen MR) is 42.6 cm³/mol. The maximum atomic E-state index is 12.7. The number of rotatable bonds is 3. The van der Waals surface area contributed by atoms with Gasteiger partial charge in [0.1, 0.15) is 11.6 Å². The average Bonchev–Trinajstić information content (AvgIpc) is 2.07. The maximum absolute atomic E-state index is 12.7. The summed E-state index contributed by atoms with van der Waals surface area (Å²) >= 11 is 0. The van der Waals surface area contributed by atoms with E-state index < -0.39 is 13.1 Å². The highest BCUT2D eigenvalue weighted by Crippen LogP contribution is 2.15. The summed E-state index contributed by atoms with van der Waals surface area (Å²) < 4.78 is 17.1. The van der Waals surface area contributed by atoms with E-state index in [1.807, 2.05) is 0 Å². The van der Waals surface area contributed by atoms with E-state index in [-0.39, 0.29) is 11.3 Å². The molecule has 0 atom stereocenters. The molecule has 6 heteroatoms. The second-order valence-electron chi connectivity index (χ2n) is 2.25. The van der Waals surface area contributed by atoms with Gasteiger partial charge in [0.15, 0.2) is 6.29 Å². The summed E-state index contributed by atoms with van der Waals surface area (Å²) in [4.78, 5) is 10.2. The van der Waals surface area contributed by atoms with Crippen molar-refractivity contribution in [3.05, 3.63) is 29.6 Å². The Hall–Kier alpha value is -1.40. The monoisotopic (exact) mass is 184 g/mol. The molecule has 0 heterocycles. The molecule has 0 bridgehead atoms. The molecule has 0 spiro atoms. The molecule has 1 aromatic rings. The van der Waals surface area contributed by atoms with Crippen molar-refractivity contribution >= 4 is 13.6 Å². The number of hydrogen-bond acceptors (Lipinski definition) is 4. The maximum Gasteiger partial charge on any atom is 0.707 e. The van der Waals surface area contributed by atoms with E-state index >= 15 is 0 Å². The fraction of sp³-hybridized carbons (Fsp3) is 0. The molecular formula is C7H6BFO4. The van der Waals surface area contributed by atoms with Crippen LogP contribution in [0.15, 0.2) is 18.2 Å². The topological polar surface area (TPSA) is 66.8 Å². The molecular weight excluding hydrogens is 178 g/mol. The van der Waals surface area contributed by atoms with Gasteiger partial charge < -0.3 is 14.7 Å². The molecule has 0 aliphatic carbocycles. The lowest BCUT2D eigenvalue weighted by atomic mass is 10.2. The van der Waals surface area contributed by atoms with Crippen LogP contribution in [0.2, 0.25) is 0 Å². The smallest absolute Gasteiger partial charge is 0.512 e. The van der Waals surface area contributed by atoms with Gasteiger partial charge in [0.05, 0.1) is 5.56 Å². The molecule has 0 unspecified atom stereocenters. The van der Waals surface area contributed by atoms with E-state index in [2.05, 4.69) is 4.65 Å². The highest BCUT2D eigenvalue weighted by atomic mass is 19.1. The van der Waals surface area contributed by atoms with Crippen LogP contribution >= 0.6 is 0 Å². The van der Waals surface area contributed by atoms with Crippen molar-refractivity contribution in [2.24, 2.45) is 0 Å². The Balaban J connectivity index is 2.92. The lowest BCUT2D eigenvalue weighted by Gasteiger charge is -2.04. The number of benzene rings is 1. The van der Waals surface area contributed by atoms with Crippen molar-refractivity contribution in [1.29, 1.82) is 0 Å². The van der Waals surface area contributed by atoms with Gasteiger partial charge in [-0.05, 0) is 18.2 Å². The summed E-state index contributed by atoms with van der Waals surface area (Å²) in [6.07, 6.45) is 0.311. The number of carbonyl (C=O) groups is 1. The van der Waals surface area contributed by atoms with Gasteiger partial charge in [0.25, 0.3) is 0 Å². The van der Waals surface area contributed by atoms with Crippen molar-refractivity contribution in [3.8, 4) is 5.75 Å². The lowest BCUT2D eigenvalue weighted by molar-refractivity contribution is 0.111. The quantitative estimate of drug-likeness (QED) is 0.511. The van der Waals surface area contributed by atoms with Crippen LogP contribution in [0, 0.1) is 5.82 Å². The van der Waals surface area contributed by atoms with E-state index in [1.54, 1.807) is 0 Å². The van der Waals surface area contributed by atoms with E-state index in [0.717, 1.165) is 12.1 Å². The molecule has 0 aromatic heterocycles. The highest BCUT2D eigenvalue weighted by molar-refractivity contribution is 6.33. The largest absolute Gasteiger partial charge is 0.707 e. The zero-order valence-electron chi connectivity index (χ0n) is 6.48. The Morgan fingerprint density at radius 2 is 2.15 bits per heavy atom. The molecule has 13 heavy (non-hydrogen) atoms. The van der Waals surface area contributed by atoms with Gasteiger partial charge in [-0.3, -0.25) is 4.79 Å². The van der Waals surface area contributed by atoms with Gasteiger partial charge in [-0.2, -0.15) is 0 Å². The van der Waals surface area contributed by atoms with Gasteiger partial charge in [-0.1, -0.05) is 0 Å². The molecule has 0 saturated heterocycles. The van der Waals surface area contributed by atoms with Crippen LogP contribution in [0.3, 0.4) is 0 Å². The van der Waals surface area contributed by atoms with Gasteiger partial charge in [0.2, 0.25) is 0 Å².